The molecule has 0 unspecified atom stereocenters. The van der Waals surface area contributed by atoms with E-state index in [9.17, 15) is 22.4 Å². The van der Waals surface area contributed by atoms with E-state index in [0.717, 1.165) is 12.1 Å². The highest BCUT2D eigenvalue weighted by Gasteiger charge is 2.45. The van der Waals surface area contributed by atoms with E-state index in [-0.39, 0.29) is 23.2 Å². The highest BCUT2D eigenvalue weighted by atomic mass is 19.3. The van der Waals surface area contributed by atoms with E-state index in [1.165, 1.54) is 16.8 Å². The van der Waals surface area contributed by atoms with Crippen molar-refractivity contribution in [2.24, 2.45) is 0 Å². The van der Waals surface area contributed by atoms with Gasteiger partial charge in [-0.15, -0.1) is 0 Å². The minimum atomic E-state index is -3.43. The molecule has 22 heavy (non-hydrogen) atoms. The summed E-state index contributed by atoms with van der Waals surface area (Å²) in [6.45, 7) is 3.50. The van der Waals surface area contributed by atoms with Crippen LogP contribution in [0.1, 0.15) is 28.0 Å². The molecule has 0 bridgehead atoms. The molecule has 0 spiro atoms. The van der Waals surface area contributed by atoms with Gasteiger partial charge in [-0.25, -0.2) is 8.78 Å². The van der Waals surface area contributed by atoms with Crippen molar-refractivity contribution < 1.29 is 22.4 Å². The Hall–Kier alpha value is -2.37. The molecule has 1 aliphatic carbocycles. The Kier molecular flexibility index (Phi) is 3.20. The van der Waals surface area contributed by atoms with Gasteiger partial charge in [0.05, 0.1) is 11.3 Å². The number of carbonyl (C=O) groups is 1. The Morgan fingerprint density at radius 3 is 2.41 bits per heavy atom. The van der Waals surface area contributed by atoms with Crippen molar-refractivity contribution >= 4 is 11.9 Å². The molecule has 1 aliphatic rings. The number of Topliss-reactive ketones (excluding diaryl/α,β-unsaturated/α-hetero) is 1. The van der Waals surface area contributed by atoms with Gasteiger partial charge in [0.2, 0.25) is 5.78 Å². The molecule has 0 N–H and O–H groups in total. The molecule has 6 heteroatoms. The summed E-state index contributed by atoms with van der Waals surface area (Å²) in [5.41, 5.74) is 0.552. The first-order valence-corrected chi connectivity index (χ1v) is 6.59. The van der Waals surface area contributed by atoms with Crippen LogP contribution in [-0.2, 0) is 6.42 Å². The number of halogens is 4. The van der Waals surface area contributed by atoms with Gasteiger partial charge >= 0.3 is 5.92 Å². The van der Waals surface area contributed by atoms with Crippen LogP contribution in [0.25, 0.3) is 11.8 Å². The quantitative estimate of drug-likeness (QED) is 0.763. The SMILES string of the molecule is C=Cc1cn(-c2cc(F)cc(F)c2)c2c1C(=O)C(F)(F)CC2. The first kappa shape index (κ1) is 14.6. The third kappa shape index (κ3) is 2.15. The van der Waals surface area contributed by atoms with Crippen molar-refractivity contribution in [2.45, 2.75) is 18.8 Å². The summed E-state index contributed by atoms with van der Waals surface area (Å²) in [5, 5.41) is 0. The number of carbonyl (C=O) groups excluding carboxylic acids is 1. The predicted octanol–water partition coefficient (Wildman–Crippen LogP) is 4.16. The van der Waals surface area contributed by atoms with Gasteiger partial charge in [0.1, 0.15) is 11.6 Å². The van der Waals surface area contributed by atoms with Gasteiger partial charge in [-0.1, -0.05) is 12.7 Å². The second kappa shape index (κ2) is 4.83. The lowest BCUT2D eigenvalue weighted by atomic mass is 9.90. The molecule has 3 rings (SSSR count). The van der Waals surface area contributed by atoms with Crippen LogP contribution in [0.5, 0.6) is 0 Å². The minimum absolute atomic E-state index is 0.0694. The molecular weight excluding hydrogens is 298 g/mol. The van der Waals surface area contributed by atoms with Gasteiger partial charge in [0, 0.05) is 29.9 Å². The first-order chi connectivity index (χ1) is 10.3. The van der Waals surface area contributed by atoms with E-state index in [2.05, 4.69) is 6.58 Å². The van der Waals surface area contributed by atoms with E-state index in [1.807, 2.05) is 0 Å². The van der Waals surface area contributed by atoms with Gasteiger partial charge < -0.3 is 4.57 Å². The maximum atomic E-state index is 13.6. The molecule has 0 amide bonds. The highest BCUT2D eigenvalue weighted by Crippen LogP contribution is 2.37. The van der Waals surface area contributed by atoms with Gasteiger partial charge in [-0.3, -0.25) is 4.79 Å². The van der Waals surface area contributed by atoms with Crippen molar-refractivity contribution in [3.8, 4) is 5.69 Å². The second-order valence-corrected chi connectivity index (χ2v) is 5.14. The fraction of sp³-hybridized carbons (Fsp3) is 0.188. The van der Waals surface area contributed by atoms with Crippen LogP contribution in [0.2, 0.25) is 0 Å². The highest BCUT2D eigenvalue weighted by molar-refractivity contribution is 6.06. The predicted molar refractivity (Wildman–Crippen MR) is 73.4 cm³/mol. The third-order valence-corrected chi connectivity index (χ3v) is 3.72. The van der Waals surface area contributed by atoms with Crippen molar-refractivity contribution in [2.75, 3.05) is 0 Å². The molecule has 0 saturated heterocycles. The summed E-state index contributed by atoms with van der Waals surface area (Å²) >= 11 is 0. The lowest BCUT2D eigenvalue weighted by Gasteiger charge is -2.22. The van der Waals surface area contributed by atoms with E-state index in [1.54, 1.807) is 0 Å². The Balaban J connectivity index is 2.24. The number of fused-ring (bicyclic) bond motifs is 1. The van der Waals surface area contributed by atoms with Gasteiger partial charge in [0.25, 0.3) is 0 Å². The van der Waals surface area contributed by atoms with Crippen LogP contribution < -0.4 is 0 Å². The molecule has 1 aromatic carbocycles. The molecule has 0 fully saturated rings. The van der Waals surface area contributed by atoms with Crippen LogP contribution in [-0.4, -0.2) is 16.3 Å². The van der Waals surface area contributed by atoms with Crippen molar-refractivity contribution in [3.63, 3.8) is 0 Å². The normalized spacial score (nSPS) is 16.5. The number of ketones is 1. The maximum Gasteiger partial charge on any atom is 0.310 e. The minimum Gasteiger partial charge on any atom is -0.319 e. The molecule has 114 valence electrons. The lowest BCUT2D eigenvalue weighted by Crippen LogP contribution is -2.34. The zero-order valence-corrected chi connectivity index (χ0v) is 11.4. The number of rotatable bonds is 2. The van der Waals surface area contributed by atoms with Gasteiger partial charge in [0.15, 0.2) is 0 Å². The third-order valence-electron chi connectivity index (χ3n) is 3.72. The molecule has 0 saturated carbocycles. The molecule has 0 aliphatic heterocycles. The topological polar surface area (TPSA) is 22.0 Å². The van der Waals surface area contributed by atoms with Crippen molar-refractivity contribution in [1.82, 2.24) is 4.57 Å². The summed E-state index contributed by atoms with van der Waals surface area (Å²) in [4.78, 5) is 11.9. The van der Waals surface area contributed by atoms with E-state index in [0.29, 0.717) is 11.8 Å². The lowest BCUT2D eigenvalue weighted by molar-refractivity contribution is 0.00173. The summed E-state index contributed by atoms with van der Waals surface area (Å²) in [6, 6.07) is 2.87. The summed E-state index contributed by atoms with van der Waals surface area (Å²) in [7, 11) is 0. The zero-order valence-electron chi connectivity index (χ0n) is 11.4. The number of alkyl halides is 2. The Morgan fingerprint density at radius 1 is 1.18 bits per heavy atom. The van der Waals surface area contributed by atoms with E-state index >= 15 is 0 Å². The molecular formula is C16H11F4NO. The van der Waals surface area contributed by atoms with Crippen LogP contribution in [0.4, 0.5) is 17.6 Å². The van der Waals surface area contributed by atoms with Crippen LogP contribution in [0.3, 0.4) is 0 Å². The maximum absolute atomic E-state index is 13.6. The number of nitrogens with zero attached hydrogens (tertiary/aromatic N) is 1. The summed E-state index contributed by atoms with van der Waals surface area (Å²) < 4.78 is 55.4. The Labute approximate surface area is 123 Å². The fourth-order valence-electron chi connectivity index (χ4n) is 2.71. The summed E-state index contributed by atoms with van der Waals surface area (Å²) in [5.74, 6) is -6.28. The molecule has 2 aromatic rings. The standard InChI is InChI=1S/C16H11F4NO/c1-2-9-8-21(12-6-10(17)5-11(18)7-12)13-3-4-16(19,20)15(22)14(9)13/h2,5-8H,1,3-4H2. The first-order valence-electron chi connectivity index (χ1n) is 6.59. The number of aromatic nitrogens is 1. The molecule has 1 aromatic heterocycles. The van der Waals surface area contributed by atoms with Gasteiger partial charge in [-0.2, -0.15) is 8.78 Å². The second-order valence-electron chi connectivity index (χ2n) is 5.14. The summed E-state index contributed by atoms with van der Waals surface area (Å²) in [6.07, 6.45) is 1.98. The monoisotopic (exact) mass is 309 g/mol. The Bertz CT molecular complexity index is 771. The van der Waals surface area contributed by atoms with Crippen LogP contribution >= 0.6 is 0 Å². The Morgan fingerprint density at radius 2 is 1.82 bits per heavy atom. The largest absolute Gasteiger partial charge is 0.319 e. The molecule has 2 nitrogen and oxygen atoms in total. The number of hydrogen-bond donors (Lipinski definition) is 0. The van der Waals surface area contributed by atoms with E-state index in [4.69, 9.17) is 0 Å². The van der Waals surface area contributed by atoms with Gasteiger partial charge in [-0.05, 0) is 18.6 Å². The molecule has 1 heterocycles. The number of hydrogen-bond acceptors (Lipinski definition) is 1. The van der Waals surface area contributed by atoms with Crippen molar-refractivity contribution in [1.29, 1.82) is 0 Å². The van der Waals surface area contributed by atoms with Crippen molar-refractivity contribution in [3.05, 3.63) is 59.4 Å². The smallest absolute Gasteiger partial charge is 0.310 e. The van der Waals surface area contributed by atoms with Crippen LogP contribution in [0, 0.1) is 11.6 Å². The average Bonchev–Trinajstić information content (AvgIpc) is 2.81. The fourth-order valence-corrected chi connectivity index (χ4v) is 2.71. The average molecular weight is 309 g/mol. The molecule has 0 atom stereocenters. The zero-order chi connectivity index (χ0) is 16.1. The molecule has 0 radical (unpaired) electrons. The van der Waals surface area contributed by atoms with E-state index < -0.39 is 29.8 Å². The number of benzene rings is 1. The van der Waals surface area contributed by atoms with Crippen LogP contribution in [0.15, 0.2) is 31.0 Å².